The third kappa shape index (κ3) is 5.18. The van der Waals surface area contributed by atoms with Crippen LogP contribution in [0.5, 0.6) is 0 Å². The van der Waals surface area contributed by atoms with Gasteiger partial charge in [-0.1, -0.05) is 29.3 Å². The van der Waals surface area contributed by atoms with Gasteiger partial charge in [0.1, 0.15) is 5.82 Å². The third-order valence-corrected chi connectivity index (χ3v) is 4.08. The Bertz CT molecular complexity index is 780. The van der Waals surface area contributed by atoms with Crippen molar-refractivity contribution in [3.8, 4) is 0 Å². The lowest BCUT2D eigenvalue weighted by atomic mass is 10.1. The van der Waals surface area contributed by atoms with Crippen molar-refractivity contribution in [2.45, 2.75) is 26.0 Å². The smallest absolute Gasteiger partial charge is 0.338 e. The largest absolute Gasteiger partial charge is 0.449 e. The summed E-state index contributed by atoms with van der Waals surface area (Å²) in [5, 5.41) is 3.64. The minimum atomic E-state index is -1.02. The zero-order valence-electron chi connectivity index (χ0n) is 13.6. The van der Waals surface area contributed by atoms with Gasteiger partial charge in [0.25, 0.3) is 5.91 Å². The molecule has 0 heterocycles. The summed E-state index contributed by atoms with van der Waals surface area (Å²) in [4.78, 5) is 24.2. The van der Waals surface area contributed by atoms with Crippen LogP contribution in [-0.4, -0.2) is 18.0 Å². The van der Waals surface area contributed by atoms with Gasteiger partial charge in [-0.25, -0.2) is 9.18 Å². The van der Waals surface area contributed by atoms with E-state index in [-0.39, 0.29) is 5.56 Å². The summed E-state index contributed by atoms with van der Waals surface area (Å²) in [5.41, 5.74) is 0.853. The molecule has 0 unspecified atom stereocenters. The van der Waals surface area contributed by atoms with Crippen LogP contribution in [0.25, 0.3) is 0 Å². The molecule has 0 aliphatic carbocycles. The van der Waals surface area contributed by atoms with Crippen molar-refractivity contribution >= 4 is 35.1 Å². The summed E-state index contributed by atoms with van der Waals surface area (Å²) in [6, 6.07) is 9.44. The van der Waals surface area contributed by atoms with E-state index in [4.69, 9.17) is 27.9 Å². The number of benzene rings is 2. The number of hydrogen-bond donors (Lipinski definition) is 1. The van der Waals surface area contributed by atoms with Gasteiger partial charge in [0.2, 0.25) is 0 Å². The zero-order chi connectivity index (χ0) is 18.6. The van der Waals surface area contributed by atoms with Gasteiger partial charge in [-0.3, -0.25) is 4.79 Å². The summed E-state index contributed by atoms with van der Waals surface area (Å²) in [6.45, 7) is 3.20. The molecule has 0 aliphatic heterocycles. The number of amides is 1. The molecule has 2 atom stereocenters. The first-order chi connectivity index (χ1) is 11.8. The van der Waals surface area contributed by atoms with E-state index in [9.17, 15) is 14.0 Å². The molecule has 0 radical (unpaired) electrons. The van der Waals surface area contributed by atoms with Gasteiger partial charge in [0.15, 0.2) is 6.10 Å². The van der Waals surface area contributed by atoms with Crippen molar-refractivity contribution in [1.82, 2.24) is 5.32 Å². The molecule has 132 valence electrons. The number of hydrogen-bond acceptors (Lipinski definition) is 3. The maximum absolute atomic E-state index is 12.9. The van der Waals surface area contributed by atoms with Gasteiger partial charge in [-0.05, 0) is 55.8 Å². The predicted octanol–water partition coefficient (Wildman–Crippen LogP) is 4.56. The number of rotatable bonds is 5. The highest BCUT2D eigenvalue weighted by Crippen LogP contribution is 2.26. The topological polar surface area (TPSA) is 55.4 Å². The van der Waals surface area contributed by atoms with Gasteiger partial charge < -0.3 is 10.1 Å². The Kier molecular flexibility index (Phi) is 6.39. The minimum absolute atomic E-state index is 0.162. The molecule has 1 amide bonds. The van der Waals surface area contributed by atoms with Crippen LogP contribution in [0.15, 0.2) is 42.5 Å². The van der Waals surface area contributed by atoms with E-state index in [0.717, 1.165) is 12.1 Å². The Morgan fingerprint density at radius 3 is 2.32 bits per heavy atom. The number of carbonyl (C=O) groups excluding carboxylic acids is 2. The van der Waals surface area contributed by atoms with Gasteiger partial charge in [0.05, 0.1) is 11.6 Å². The molecule has 0 spiro atoms. The van der Waals surface area contributed by atoms with Crippen molar-refractivity contribution < 1.29 is 18.7 Å². The summed E-state index contributed by atoms with van der Waals surface area (Å²) in [6.07, 6.45) is -1.02. The monoisotopic (exact) mass is 383 g/mol. The molecule has 2 aromatic rings. The van der Waals surface area contributed by atoms with Crippen LogP contribution in [-0.2, 0) is 9.53 Å². The fourth-order valence-electron chi connectivity index (χ4n) is 2.13. The number of halogens is 3. The quantitative estimate of drug-likeness (QED) is 0.770. The lowest BCUT2D eigenvalue weighted by Gasteiger charge is -2.19. The maximum Gasteiger partial charge on any atom is 0.338 e. The second-order valence-electron chi connectivity index (χ2n) is 5.45. The molecule has 7 heteroatoms. The first kappa shape index (κ1) is 19.2. The van der Waals surface area contributed by atoms with Crippen molar-refractivity contribution in [3.05, 3.63) is 69.5 Å². The van der Waals surface area contributed by atoms with Crippen LogP contribution in [0, 0.1) is 5.82 Å². The fraction of sp³-hybridized carbons (Fsp3) is 0.222. The summed E-state index contributed by atoms with van der Waals surface area (Å²) < 4.78 is 18.0. The molecule has 25 heavy (non-hydrogen) atoms. The number of nitrogens with one attached hydrogen (secondary N) is 1. The van der Waals surface area contributed by atoms with E-state index in [0.29, 0.717) is 15.6 Å². The van der Waals surface area contributed by atoms with Crippen LogP contribution >= 0.6 is 23.2 Å². The summed E-state index contributed by atoms with van der Waals surface area (Å²) >= 11 is 12.0. The van der Waals surface area contributed by atoms with Crippen molar-refractivity contribution in [2.75, 3.05) is 0 Å². The highest BCUT2D eigenvalue weighted by atomic mass is 35.5. The molecule has 0 saturated carbocycles. The van der Waals surface area contributed by atoms with E-state index in [1.54, 1.807) is 25.1 Å². The van der Waals surface area contributed by atoms with Crippen LogP contribution in [0.4, 0.5) is 4.39 Å². The van der Waals surface area contributed by atoms with Crippen LogP contribution in [0.2, 0.25) is 10.0 Å². The van der Waals surface area contributed by atoms with E-state index >= 15 is 0 Å². The van der Waals surface area contributed by atoms with E-state index in [1.807, 2.05) is 0 Å². The maximum atomic E-state index is 12.9. The zero-order valence-corrected chi connectivity index (χ0v) is 15.1. The lowest BCUT2D eigenvalue weighted by Crippen LogP contribution is -2.37. The van der Waals surface area contributed by atoms with Crippen LogP contribution in [0.1, 0.15) is 35.8 Å². The van der Waals surface area contributed by atoms with Gasteiger partial charge in [-0.15, -0.1) is 0 Å². The standard InChI is InChI=1S/C18H16Cl2FNO3/c1-10(15-8-5-13(19)9-16(15)20)22-17(23)11(2)25-18(24)12-3-6-14(21)7-4-12/h3-11H,1-2H3,(H,22,23)/t10-,11-/m1/s1. The van der Waals surface area contributed by atoms with E-state index in [1.165, 1.54) is 19.1 Å². The summed E-state index contributed by atoms with van der Waals surface area (Å²) in [5.74, 6) is -1.65. The molecule has 0 bridgehead atoms. The highest BCUT2D eigenvalue weighted by molar-refractivity contribution is 6.35. The number of carbonyl (C=O) groups is 2. The predicted molar refractivity (Wildman–Crippen MR) is 94.3 cm³/mol. The molecule has 2 aromatic carbocycles. The molecular formula is C18H16Cl2FNO3. The molecule has 0 fully saturated rings. The lowest BCUT2D eigenvalue weighted by molar-refractivity contribution is -0.129. The first-order valence-electron chi connectivity index (χ1n) is 7.50. The number of esters is 1. The van der Waals surface area contributed by atoms with Gasteiger partial charge in [-0.2, -0.15) is 0 Å². The minimum Gasteiger partial charge on any atom is -0.449 e. The third-order valence-electron chi connectivity index (χ3n) is 3.52. The van der Waals surface area contributed by atoms with Crippen LogP contribution in [0.3, 0.4) is 0 Å². The summed E-state index contributed by atoms with van der Waals surface area (Å²) in [7, 11) is 0. The number of ether oxygens (including phenoxy) is 1. The molecule has 0 aromatic heterocycles. The highest BCUT2D eigenvalue weighted by Gasteiger charge is 2.21. The van der Waals surface area contributed by atoms with Crippen molar-refractivity contribution in [1.29, 1.82) is 0 Å². The average molecular weight is 384 g/mol. The molecule has 0 saturated heterocycles. The molecule has 2 rings (SSSR count). The van der Waals surface area contributed by atoms with Gasteiger partial charge >= 0.3 is 5.97 Å². The van der Waals surface area contributed by atoms with E-state index < -0.39 is 29.8 Å². The Morgan fingerprint density at radius 1 is 1.08 bits per heavy atom. The molecular weight excluding hydrogens is 368 g/mol. The van der Waals surface area contributed by atoms with E-state index in [2.05, 4.69) is 5.32 Å². The molecule has 4 nitrogen and oxygen atoms in total. The first-order valence-corrected chi connectivity index (χ1v) is 8.25. The molecule has 0 aliphatic rings. The second-order valence-corrected chi connectivity index (χ2v) is 6.29. The average Bonchev–Trinajstić information content (AvgIpc) is 2.55. The van der Waals surface area contributed by atoms with Crippen molar-refractivity contribution in [2.24, 2.45) is 0 Å². The van der Waals surface area contributed by atoms with Crippen molar-refractivity contribution in [3.63, 3.8) is 0 Å². The fourth-order valence-corrected chi connectivity index (χ4v) is 2.70. The Labute approximate surface area is 154 Å². The Morgan fingerprint density at radius 2 is 1.72 bits per heavy atom. The van der Waals surface area contributed by atoms with Crippen LogP contribution < -0.4 is 5.32 Å². The SMILES string of the molecule is C[C@@H](OC(=O)c1ccc(F)cc1)C(=O)N[C@H](C)c1ccc(Cl)cc1Cl. The second kappa shape index (κ2) is 8.32. The Hall–Kier alpha value is -2.11. The Balaban J connectivity index is 1.97. The molecule has 1 N–H and O–H groups in total. The normalized spacial score (nSPS) is 13.0. The van der Waals surface area contributed by atoms with Gasteiger partial charge in [0, 0.05) is 10.0 Å².